The molecule has 2 N–H and O–H groups in total. The number of carboxylic acid groups (broad SMARTS) is 1. The lowest BCUT2D eigenvalue weighted by atomic mass is 9.92. The first-order valence-electron chi connectivity index (χ1n) is 11.5. The highest BCUT2D eigenvalue weighted by molar-refractivity contribution is 7.89. The van der Waals surface area contributed by atoms with Crippen molar-refractivity contribution in [2.45, 2.75) is 30.1 Å². The number of aliphatic carboxylic acids is 1. The Morgan fingerprint density at radius 1 is 1.08 bits per heavy atom. The number of pyridine rings is 1. The fraction of sp³-hybridized carbons (Fsp3) is 0.185. The predicted octanol–water partition coefficient (Wildman–Crippen LogP) is 5.17. The van der Waals surface area contributed by atoms with Crippen molar-refractivity contribution in [3.05, 3.63) is 107 Å². The number of hydrogen-bond donors (Lipinski definition) is 2. The van der Waals surface area contributed by atoms with Gasteiger partial charge in [0.25, 0.3) is 0 Å². The average molecular weight is 524 g/mol. The van der Waals surface area contributed by atoms with Gasteiger partial charge in [-0.05, 0) is 78.8 Å². The van der Waals surface area contributed by atoms with Gasteiger partial charge in [-0.2, -0.15) is 0 Å². The quantitative estimate of drug-likeness (QED) is 0.264. The van der Waals surface area contributed by atoms with Crippen LogP contribution in [-0.4, -0.2) is 35.4 Å². The molecule has 0 bridgehead atoms. The van der Waals surface area contributed by atoms with Crippen LogP contribution < -0.4 is 4.72 Å². The molecule has 7 nitrogen and oxygen atoms in total. The van der Waals surface area contributed by atoms with Crippen LogP contribution in [-0.2, 0) is 21.2 Å². The lowest BCUT2D eigenvalue weighted by molar-refractivity contribution is -0.131. The predicted molar refractivity (Wildman–Crippen MR) is 141 cm³/mol. The minimum Gasteiger partial charge on any atom is -0.478 e. The minimum atomic E-state index is -3.70. The number of nitrogens with one attached hydrogen (secondary N) is 1. The molecule has 0 amide bonds. The van der Waals surface area contributed by atoms with E-state index < -0.39 is 16.0 Å². The molecule has 0 radical (unpaired) electrons. The largest absolute Gasteiger partial charge is 0.478 e. The third-order valence-electron chi connectivity index (χ3n) is 5.99. The van der Waals surface area contributed by atoms with Gasteiger partial charge in [0, 0.05) is 23.3 Å². The lowest BCUT2D eigenvalue weighted by Gasteiger charge is -2.19. The van der Waals surface area contributed by atoms with E-state index in [2.05, 4.69) is 20.2 Å². The first kappa shape index (κ1) is 25.6. The van der Waals surface area contributed by atoms with E-state index >= 15 is 0 Å². The van der Waals surface area contributed by atoms with Crippen molar-refractivity contribution in [1.82, 2.24) is 14.1 Å². The number of hydrogen-bond acceptors (Lipinski definition) is 4. The van der Waals surface area contributed by atoms with Crippen molar-refractivity contribution in [2.24, 2.45) is 0 Å². The van der Waals surface area contributed by atoms with E-state index in [1.807, 2.05) is 42.6 Å². The highest BCUT2D eigenvalue weighted by Crippen LogP contribution is 2.24. The number of sulfonamides is 1. The molecule has 2 aromatic heterocycles. The second-order valence-corrected chi connectivity index (χ2v) is 10.6. The standard InChI is InChI=1S/C27H26ClN3O4S/c28-23-12-14-26(15-13-23)36(34,35)30-17-22(21-10-7-20(8-11-21)9-16-27(32)33)3-1-4-24-5-2-6-25-18-29-19-31(24)25/h2,5-16,18-19,22,30H,1,3-4,17H2,(H,32,33). The van der Waals surface area contributed by atoms with Gasteiger partial charge in [0.1, 0.15) is 0 Å². The Hall–Kier alpha value is -3.46. The number of carbonyl (C=O) groups is 1. The highest BCUT2D eigenvalue weighted by Gasteiger charge is 2.18. The van der Waals surface area contributed by atoms with E-state index in [1.54, 1.807) is 18.5 Å². The number of nitrogens with zero attached hydrogens (tertiary/aromatic N) is 2. The normalized spacial score (nSPS) is 12.8. The maximum atomic E-state index is 12.9. The number of fused-ring (bicyclic) bond motifs is 1. The summed E-state index contributed by atoms with van der Waals surface area (Å²) in [5, 5.41) is 9.32. The van der Waals surface area contributed by atoms with E-state index in [9.17, 15) is 13.2 Å². The molecule has 0 aliphatic heterocycles. The van der Waals surface area contributed by atoms with Crippen LogP contribution in [0.5, 0.6) is 0 Å². The lowest BCUT2D eigenvalue weighted by Crippen LogP contribution is -2.28. The van der Waals surface area contributed by atoms with Crippen LogP contribution in [0.25, 0.3) is 11.6 Å². The van der Waals surface area contributed by atoms with Crippen molar-refractivity contribution in [2.75, 3.05) is 6.54 Å². The SMILES string of the molecule is O=C(O)C=Cc1ccc(C(CCCc2cccc3cncn23)CNS(=O)(=O)c2ccc(Cl)cc2)cc1. The van der Waals surface area contributed by atoms with Crippen molar-refractivity contribution < 1.29 is 18.3 Å². The number of imidazole rings is 1. The van der Waals surface area contributed by atoms with E-state index in [0.29, 0.717) is 5.02 Å². The van der Waals surface area contributed by atoms with Crippen LogP contribution in [0.2, 0.25) is 5.02 Å². The summed E-state index contributed by atoms with van der Waals surface area (Å²) in [7, 11) is -3.70. The maximum absolute atomic E-state index is 12.9. The summed E-state index contributed by atoms with van der Waals surface area (Å²) in [6, 6.07) is 19.6. The van der Waals surface area contributed by atoms with Gasteiger partial charge in [-0.25, -0.2) is 22.9 Å². The van der Waals surface area contributed by atoms with Crippen LogP contribution in [0.1, 0.15) is 35.6 Å². The molecular weight excluding hydrogens is 498 g/mol. The number of rotatable bonds is 11. The Labute approximate surface area is 215 Å². The Bertz CT molecular complexity index is 1460. The fourth-order valence-corrected chi connectivity index (χ4v) is 5.29. The maximum Gasteiger partial charge on any atom is 0.328 e. The number of halogens is 1. The van der Waals surface area contributed by atoms with Crippen LogP contribution >= 0.6 is 11.6 Å². The monoisotopic (exact) mass is 523 g/mol. The molecule has 0 saturated carbocycles. The van der Waals surface area contributed by atoms with Gasteiger partial charge in [-0.15, -0.1) is 0 Å². The molecule has 9 heteroatoms. The van der Waals surface area contributed by atoms with Gasteiger partial charge in [0.2, 0.25) is 10.0 Å². The summed E-state index contributed by atoms with van der Waals surface area (Å²) in [5.41, 5.74) is 3.90. The Morgan fingerprint density at radius 3 is 2.56 bits per heavy atom. The van der Waals surface area contributed by atoms with Crippen LogP contribution in [0.3, 0.4) is 0 Å². The van der Waals surface area contributed by atoms with Crippen LogP contribution in [0.4, 0.5) is 0 Å². The fourth-order valence-electron chi connectivity index (χ4n) is 4.08. The van der Waals surface area contributed by atoms with Crippen molar-refractivity contribution in [1.29, 1.82) is 0 Å². The number of aromatic nitrogens is 2. The average Bonchev–Trinajstić information content (AvgIpc) is 3.35. The summed E-state index contributed by atoms with van der Waals surface area (Å²) in [6.07, 6.45) is 8.63. The summed E-state index contributed by atoms with van der Waals surface area (Å²) in [4.78, 5) is 15.2. The Morgan fingerprint density at radius 2 is 1.83 bits per heavy atom. The number of aryl methyl sites for hydroxylation is 1. The second kappa shape index (κ2) is 11.5. The molecule has 2 heterocycles. The molecule has 186 valence electrons. The molecule has 36 heavy (non-hydrogen) atoms. The zero-order valence-corrected chi connectivity index (χ0v) is 21.0. The molecule has 0 aliphatic rings. The van der Waals surface area contributed by atoms with Crippen LogP contribution in [0, 0.1) is 0 Å². The smallest absolute Gasteiger partial charge is 0.328 e. The molecule has 4 rings (SSSR count). The molecule has 0 fully saturated rings. The molecule has 2 aromatic carbocycles. The van der Waals surface area contributed by atoms with Crippen molar-refractivity contribution in [3.63, 3.8) is 0 Å². The van der Waals surface area contributed by atoms with E-state index in [1.165, 1.54) is 18.2 Å². The van der Waals surface area contributed by atoms with Crippen molar-refractivity contribution in [3.8, 4) is 0 Å². The van der Waals surface area contributed by atoms with Gasteiger partial charge >= 0.3 is 5.97 Å². The van der Waals surface area contributed by atoms with Gasteiger partial charge in [-0.1, -0.05) is 41.9 Å². The molecule has 1 unspecified atom stereocenters. The molecule has 4 aromatic rings. The summed E-state index contributed by atoms with van der Waals surface area (Å²) >= 11 is 5.90. The molecule has 0 saturated heterocycles. The van der Waals surface area contributed by atoms with Gasteiger partial charge in [0.15, 0.2) is 0 Å². The zero-order valence-electron chi connectivity index (χ0n) is 19.4. The Balaban J connectivity index is 1.49. The molecule has 0 aliphatic carbocycles. The summed E-state index contributed by atoms with van der Waals surface area (Å²) in [5.74, 6) is -1.09. The third kappa shape index (κ3) is 6.60. The van der Waals surface area contributed by atoms with E-state index in [0.717, 1.165) is 47.7 Å². The molecule has 1 atom stereocenters. The second-order valence-electron chi connectivity index (χ2n) is 8.44. The highest BCUT2D eigenvalue weighted by atomic mass is 35.5. The minimum absolute atomic E-state index is 0.0773. The van der Waals surface area contributed by atoms with Crippen molar-refractivity contribution >= 4 is 39.2 Å². The number of carboxylic acids is 1. The third-order valence-corrected chi connectivity index (χ3v) is 7.68. The molecule has 0 spiro atoms. The van der Waals surface area contributed by atoms with Gasteiger partial charge in [-0.3, -0.25) is 0 Å². The number of benzene rings is 2. The van der Waals surface area contributed by atoms with E-state index in [4.69, 9.17) is 16.7 Å². The van der Waals surface area contributed by atoms with Gasteiger partial charge in [0.05, 0.1) is 22.9 Å². The Kier molecular flexibility index (Phi) is 8.20. The first-order chi connectivity index (χ1) is 17.3. The van der Waals surface area contributed by atoms with Gasteiger partial charge < -0.3 is 9.51 Å². The summed E-state index contributed by atoms with van der Waals surface area (Å²) in [6.45, 7) is 0.227. The summed E-state index contributed by atoms with van der Waals surface area (Å²) < 4.78 is 30.5. The van der Waals surface area contributed by atoms with Crippen LogP contribution in [0.15, 0.2) is 90.2 Å². The topological polar surface area (TPSA) is 101 Å². The van der Waals surface area contributed by atoms with E-state index in [-0.39, 0.29) is 17.4 Å². The first-order valence-corrected chi connectivity index (χ1v) is 13.3. The molecular formula is C27H26ClN3O4S. The zero-order chi connectivity index (χ0) is 25.5.